The first-order valence-corrected chi connectivity index (χ1v) is 10.1. The fourth-order valence-corrected chi connectivity index (χ4v) is 3.37. The van der Waals surface area contributed by atoms with E-state index in [-0.39, 0.29) is 11.8 Å². The van der Waals surface area contributed by atoms with E-state index in [0.717, 1.165) is 17.7 Å². The van der Waals surface area contributed by atoms with Crippen LogP contribution in [0.4, 0.5) is 5.69 Å². The van der Waals surface area contributed by atoms with Gasteiger partial charge in [0.2, 0.25) is 17.6 Å². The molecular formula is C20H20N4O3S. The molecule has 28 heavy (non-hydrogen) atoms. The Hall–Kier alpha value is -3.00. The van der Waals surface area contributed by atoms with Crippen molar-refractivity contribution in [3.05, 3.63) is 53.2 Å². The number of aromatic nitrogens is 2. The zero-order chi connectivity index (χ0) is 19.3. The van der Waals surface area contributed by atoms with Crippen LogP contribution in [0.15, 0.2) is 46.3 Å². The lowest BCUT2D eigenvalue weighted by Crippen LogP contribution is -2.25. The van der Waals surface area contributed by atoms with Crippen LogP contribution in [-0.2, 0) is 11.2 Å². The van der Waals surface area contributed by atoms with Crippen molar-refractivity contribution < 1.29 is 14.1 Å². The van der Waals surface area contributed by atoms with Crippen LogP contribution in [0, 0.1) is 0 Å². The predicted molar refractivity (Wildman–Crippen MR) is 106 cm³/mol. The van der Waals surface area contributed by atoms with Gasteiger partial charge in [0, 0.05) is 30.1 Å². The smallest absolute Gasteiger partial charge is 0.251 e. The lowest BCUT2D eigenvalue weighted by molar-refractivity contribution is -0.116. The van der Waals surface area contributed by atoms with Gasteiger partial charge in [0.15, 0.2) is 0 Å². The molecule has 2 aromatic heterocycles. The van der Waals surface area contributed by atoms with E-state index >= 15 is 0 Å². The number of carbonyl (C=O) groups excluding carboxylic acids is 2. The van der Waals surface area contributed by atoms with Crippen molar-refractivity contribution in [3.8, 4) is 10.7 Å². The average molecular weight is 396 g/mol. The highest BCUT2D eigenvalue weighted by Gasteiger charge is 2.23. The second kappa shape index (κ2) is 8.35. The minimum atomic E-state index is -0.113. The Morgan fingerprint density at radius 2 is 2.11 bits per heavy atom. The molecule has 1 aliphatic rings. The minimum absolute atomic E-state index is 0.100. The van der Waals surface area contributed by atoms with Crippen molar-refractivity contribution in [2.75, 3.05) is 5.32 Å². The summed E-state index contributed by atoms with van der Waals surface area (Å²) in [6.07, 6.45) is 3.54. The quantitative estimate of drug-likeness (QED) is 0.606. The number of thiophene rings is 1. The topological polar surface area (TPSA) is 97.1 Å². The second-order valence-corrected chi connectivity index (χ2v) is 7.67. The third-order valence-corrected chi connectivity index (χ3v) is 5.19. The molecule has 2 N–H and O–H groups in total. The molecule has 2 amide bonds. The van der Waals surface area contributed by atoms with Crippen molar-refractivity contribution >= 4 is 28.8 Å². The molecule has 2 heterocycles. The highest BCUT2D eigenvalue weighted by atomic mass is 32.1. The zero-order valence-corrected chi connectivity index (χ0v) is 16.0. The van der Waals surface area contributed by atoms with E-state index in [9.17, 15) is 9.59 Å². The Labute approximate surface area is 166 Å². The number of amides is 2. The molecule has 0 atom stereocenters. The molecule has 3 aromatic rings. The van der Waals surface area contributed by atoms with Gasteiger partial charge in [-0.15, -0.1) is 11.3 Å². The molecule has 0 unspecified atom stereocenters. The monoisotopic (exact) mass is 396 g/mol. The number of nitrogens with zero attached hydrogens (tertiary/aromatic N) is 2. The maximum atomic E-state index is 12.2. The SMILES string of the molecule is O=C(CCCc1nc(-c2cccs2)no1)Nc1cccc(C(=O)NC2CC2)c1. The van der Waals surface area contributed by atoms with Gasteiger partial charge in [0.1, 0.15) is 0 Å². The van der Waals surface area contributed by atoms with Gasteiger partial charge in [-0.05, 0) is 48.9 Å². The third kappa shape index (κ3) is 4.83. The molecule has 8 heteroatoms. The number of carbonyl (C=O) groups is 2. The fourth-order valence-electron chi connectivity index (χ4n) is 2.72. The van der Waals surface area contributed by atoms with Crippen molar-refractivity contribution in [1.82, 2.24) is 15.5 Å². The first-order chi connectivity index (χ1) is 13.7. The summed E-state index contributed by atoms with van der Waals surface area (Å²) in [6.45, 7) is 0. The van der Waals surface area contributed by atoms with Crippen LogP contribution >= 0.6 is 11.3 Å². The molecule has 0 aliphatic heterocycles. The number of rotatable bonds is 8. The number of hydrogen-bond donors (Lipinski definition) is 2. The zero-order valence-electron chi connectivity index (χ0n) is 15.2. The highest BCUT2D eigenvalue weighted by molar-refractivity contribution is 7.13. The molecule has 0 spiro atoms. The van der Waals surface area contributed by atoms with Crippen molar-refractivity contribution in [3.63, 3.8) is 0 Å². The van der Waals surface area contributed by atoms with E-state index in [1.165, 1.54) is 0 Å². The largest absolute Gasteiger partial charge is 0.349 e. The van der Waals surface area contributed by atoms with Crippen LogP contribution < -0.4 is 10.6 Å². The van der Waals surface area contributed by atoms with Crippen molar-refractivity contribution in [1.29, 1.82) is 0 Å². The summed E-state index contributed by atoms with van der Waals surface area (Å²) in [4.78, 5) is 29.6. The Morgan fingerprint density at radius 3 is 2.89 bits per heavy atom. The van der Waals surface area contributed by atoms with E-state index in [1.54, 1.807) is 35.6 Å². The second-order valence-electron chi connectivity index (χ2n) is 6.72. The molecule has 1 aliphatic carbocycles. The average Bonchev–Trinajstić information content (AvgIpc) is 3.15. The third-order valence-electron chi connectivity index (χ3n) is 4.33. The standard InChI is InChI=1S/C20H20N4O3S/c25-17(7-2-8-18-23-19(24-27-18)16-6-3-11-28-16)21-15-5-1-4-13(12-15)20(26)22-14-9-10-14/h1,3-6,11-12,14H,2,7-10H2,(H,21,25)(H,22,26). The van der Waals surface area contributed by atoms with Crippen LogP contribution in [0.5, 0.6) is 0 Å². The van der Waals surface area contributed by atoms with Gasteiger partial charge in [-0.1, -0.05) is 17.3 Å². The van der Waals surface area contributed by atoms with Gasteiger partial charge >= 0.3 is 0 Å². The molecular weight excluding hydrogens is 376 g/mol. The van der Waals surface area contributed by atoms with Gasteiger partial charge in [-0.25, -0.2) is 0 Å². The first kappa shape index (κ1) is 18.4. The van der Waals surface area contributed by atoms with Gasteiger partial charge < -0.3 is 15.2 Å². The molecule has 7 nitrogen and oxygen atoms in total. The fraction of sp³-hybridized carbons (Fsp3) is 0.300. The van der Waals surface area contributed by atoms with Crippen LogP contribution in [0.3, 0.4) is 0 Å². The summed E-state index contributed by atoms with van der Waals surface area (Å²) in [5.41, 5.74) is 1.17. The summed E-state index contributed by atoms with van der Waals surface area (Å²) in [6, 6.07) is 11.2. The number of nitrogens with one attached hydrogen (secondary N) is 2. The summed E-state index contributed by atoms with van der Waals surface area (Å²) < 4.78 is 5.24. The summed E-state index contributed by atoms with van der Waals surface area (Å²) >= 11 is 1.55. The summed E-state index contributed by atoms with van der Waals surface area (Å²) in [7, 11) is 0. The number of benzene rings is 1. The molecule has 0 radical (unpaired) electrons. The van der Waals surface area contributed by atoms with E-state index in [1.807, 2.05) is 17.5 Å². The lowest BCUT2D eigenvalue weighted by atomic mass is 10.1. The van der Waals surface area contributed by atoms with Gasteiger partial charge in [0.05, 0.1) is 4.88 Å². The molecule has 4 rings (SSSR count). The number of anilines is 1. The van der Waals surface area contributed by atoms with Crippen LogP contribution in [0.1, 0.15) is 41.9 Å². The van der Waals surface area contributed by atoms with E-state index < -0.39 is 0 Å². The molecule has 144 valence electrons. The van der Waals surface area contributed by atoms with Gasteiger partial charge in [-0.3, -0.25) is 9.59 Å². The lowest BCUT2D eigenvalue weighted by Gasteiger charge is -2.07. The van der Waals surface area contributed by atoms with Crippen LogP contribution in [0.25, 0.3) is 10.7 Å². The van der Waals surface area contributed by atoms with E-state index in [4.69, 9.17) is 4.52 Å². The Morgan fingerprint density at radius 1 is 1.21 bits per heavy atom. The number of hydrogen-bond acceptors (Lipinski definition) is 6. The van der Waals surface area contributed by atoms with Crippen LogP contribution in [0.2, 0.25) is 0 Å². The number of aryl methyl sites for hydroxylation is 1. The first-order valence-electron chi connectivity index (χ1n) is 9.24. The Bertz CT molecular complexity index is 964. The highest BCUT2D eigenvalue weighted by Crippen LogP contribution is 2.22. The molecule has 1 aromatic carbocycles. The Kier molecular flexibility index (Phi) is 5.48. The predicted octanol–water partition coefficient (Wildman–Crippen LogP) is 3.65. The van der Waals surface area contributed by atoms with Crippen molar-refractivity contribution in [2.24, 2.45) is 0 Å². The molecule has 0 saturated heterocycles. The molecule has 1 saturated carbocycles. The maximum Gasteiger partial charge on any atom is 0.251 e. The van der Waals surface area contributed by atoms with Gasteiger partial charge in [0.25, 0.3) is 5.91 Å². The van der Waals surface area contributed by atoms with E-state index in [2.05, 4.69) is 20.8 Å². The van der Waals surface area contributed by atoms with E-state index in [0.29, 0.717) is 48.3 Å². The molecule has 1 fully saturated rings. The summed E-state index contributed by atoms with van der Waals surface area (Å²) in [5, 5.41) is 11.7. The normalized spacial score (nSPS) is 13.3. The minimum Gasteiger partial charge on any atom is -0.349 e. The van der Waals surface area contributed by atoms with Crippen LogP contribution in [-0.4, -0.2) is 28.0 Å². The summed E-state index contributed by atoms with van der Waals surface area (Å²) in [5.74, 6) is 0.889. The van der Waals surface area contributed by atoms with Gasteiger partial charge in [-0.2, -0.15) is 4.98 Å². The molecule has 0 bridgehead atoms. The Balaban J connectivity index is 1.25. The maximum absolute atomic E-state index is 12.2. The van der Waals surface area contributed by atoms with Crippen molar-refractivity contribution in [2.45, 2.75) is 38.1 Å².